The summed E-state index contributed by atoms with van der Waals surface area (Å²) in [5.41, 5.74) is 8.21. The van der Waals surface area contributed by atoms with Crippen LogP contribution in [0.25, 0.3) is 0 Å². The van der Waals surface area contributed by atoms with Crippen molar-refractivity contribution in [3.8, 4) is 0 Å². The van der Waals surface area contributed by atoms with E-state index in [1.165, 1.54) is 5.56 Å². The third kappa shape index (κ3) is 5.92. The SMILES string of the molecule is CCc1ccc(C(N)C(C)OCCCC(F)(F)F)cc1. The Labute approximate surface area is 118 Å². The highest BCUT2D eigenvalue weighted by atomic mass is 19.4. The van der Waals surface area contributed by atoms with E-state index in [2.05, 4.69) is 6.92 Å². The van der Waals surface area contributed by atoms with Crippen LogP contribution in [0.3, 0.4) is 0 Å². The molecule has 20 heavy (non-hydrogen) atoms. The van der Waals surface area contributed by atoms with Gasteiger partial charge in [0.25, 0.3) is 0 Å². The summed E-state index contributed by atoms with van der Waals surface area (Å²) in [7, 11) is 0. The minimum absolute atomic E-state index is 0.0324. The molecule has 0 radical (unpaired) electrons. The molecule has 5 heteroatoms. The Morgan fingerprint density at radius 2 is 1.80 bits per heavy atom. The van der Waals surface area contributed by atoms with Crippen LogP contribution in [0.15, 0.2) is 24.3 Å². The van der Waals surface area contributed by atoms with Crippen molar-refractivity contribution in [3.05, 3.63) is 35.4 Å². The second kappa shape index (κ2) is 7.64. The second-order valence-corrected chi connectivity index (χ2v) is 4.92. The lowest BCUT2D eigenvalue weighted by Crippen LogP contribution is -2.27. The quantitative estimate of drug-likeness (QED) is 0.770. The predicted octanol–water partition coefficient (Wildman–Crippen LogP) is 4.00. The molecule has 0 spiro atoms. The van der Waals surface area contributed by atoms with Crippen molar-refractivity contribution >= 4 is 0 Å². The summed E-state index contributed by atoms with van der Waals surface area (Å²) in [6.07, 6.45) is -4.32. The van der Waals surface area contributed by atoms with Crippen LogP contribution in [0, 0.1) is 0 Å². The number of nitrogens with two attached hydrogens (primary N) is 1. The molecule has 1 aromatic carbocycles. The van der Waals surface area contributed by atoms with Gasteiger partial charge in [-0.2, -0.15) is 13.2 Å². The van der Waals surface area contributed by atoms with Crippen LogP contribution in [0.4, 0.5) is 13.2 Å². The first-order chi connectivity index (χ1) is 9.33. The van der Waals surface area contributed by atoms with Crippen LogP contribution in [-0.4, -0.2) is 18.9 Å². The lowest BCUT2D eigenvalue weighted by Gasteiger charge is -2.21. The predicted molar refractivity (Wildman–Crippen MR) is 73.5 cm³/mol. The highest BCUT2D eigenvalue weighted by Gasteiger charge is 2.26. The van der Waals surface area contributed by atoms with Crippen molar-refractivity contribution in [1.82, 2.24) is 0 Å². The van der Waals surface area contributed by atoms with Crippen molar-refractivity contribution in [2.45, 2.75) is 51.4 Å². The molecule has 0 saturated heterocycles. The topological polar surface area (TPSA) is 35.2 Å². The molecule has 0 amide bonds. The van der Waals surface area contributed by atoms with E-state index in [-0.39, 0.29) is 25.2 Å². The second-order valence-electron chi connectivity index (χ2n) is 4.92. The van der Waals surface area contributed by atoms with E-state index < -0.39 is 12.6 Å². The Hall–Kier alpha value is -1.07. The molecule has 0 heterocycles. The smallest absolute Gasteiger partial charge is 0.377 e. The summed E-state index contributed by atoms with van der Waals surface area (Å²) < 4.78 is 41.4. The number of hydrogen-bond donors (Lipinski definition) is 1. The molecule has 114 valence electrons. The Morgan fingerprint density at radius 1 is 1.20 bits per heavy atom. The van der Waals surface area contributed by atoms with Crippen molar-refractivity contribution in [2.75, 3.05) is 6.61 Å². The molecular formula is C15H22F3NO. The van der Waals surface area contributed by atoms with Gasteiger partial charge in [0.05, 0.1) is 12.1 Å². The monoisotopic (exact) mass is 289 g/mol. The fraction of sp³-hybridized carbons (Fsp3) is 0.600. The van der Waals surface area contributed by atoms with E-state index in [1.807, 2.05) is 24.3 Å². The lowest BCUT2D eigenvalue weighted by atomic mass is 10.0. The van der Waals surface area contributed by atoms with Gasteiger partial charge in [-0.3, -0.25) is 0 Å². The van der Waals surface area contributed by atoms with Crippen LogP contribution < -0.4 is 5.73 Å². The number of halogens is 3. The lowest BCUT2D eigenvalue weighted by molar-refractivity contribution is -0.138. The van der Waals surface area contributed by atoms with Crippen LogP contribution in [0.2, 0.25) is 0 Å². The summed E-state index contributed by atoms with van der Waals surface area (Å²) >= 11 is 0. The minimum atomic E-state index is -4.12. The average Bonchev–Trinajstić information content (AvgIpc) is 2.41. The Kier molecular flexibility index (Phi) is 6.49. The molecule has 0 aliphatic rings. The maximum atomic E-state index is 12.0. The normalized spacial score (nSPS) is 15.1. The molecule has 0 bridgehead atoms. The van der Waals surface area contributed by atoms with Gasteiger partial charge in [-0.05, 0) is 30.9 Å². The molecule has 0 aliphatic carbocycles. The van der Waals surface area contributed by atoms with Gasteiger partial charge in [0.1, 0.15) is 0 Å². The highest BCUT2D eigenvalue weighted by molar-refractivity contribution is 5.25. The van der Waals surface area contributed by atoms with Crippen LogP contribution in [0.5, 0.6) is 0 Å². The van der Waals surface area contributed by atoms with Gasteiger partial charge < -0.3 is 10.5 Å². The summed E-state index contributed by atoms with van der Waals surface area (Å²) in [6, 6.07) is 7.57. The number of alkyl halides is 3. The van der Waals surface area contributed by atoms with E-state index in [0.29, 0.717) is 0 Å². The summed E-state index contributed by atoms with van der Waals surface area (Å²) in [4.78, 5) is 0. The van der Waals surface area contributed by atoms with E-state index in [1.54, 1.807) is 6.92 Å². The molecule has 0 saturated carbocycles. The molecule has 1 aromatic rings. The summed E-state index contributed by atoms with van der Waals surface area (Å²) in [5, 5.41) is 0. The van der Waals surface area contributed by atoms with Gasteiger partial charge in [-0.1, -0.05) is 31.2 Å². The van der Waals surface area contributed by atoms with Gasteiger partial charge in [0.15, 0.2) is 0 Å². The van der Waals surface area contributed by atoms with Crippen LogP contribution >= 0.6 is 0 Å². The third-order valence-electron chi connectivity index (χ3n) is 3.26. The molecular weight excluding hydrogens is 267 g/mol. The molecule has 2 unspecified atom stereocenters. The first-order valence-electron chi connectivity index (χ1n) is 6.86. The Balaban J connectivity index is 2.39. The maximum Gasteiger partial charge on any atom is 0.389 e. The fourth-order valence-corrected chi connectivity index (χ4v) is 1.89. The minimum Gasteiger partial charge on any atom is -0.377 e. The van der Waals surface area contributed by atoms with Gasteiger partial charge in [-0.25, -0.2) is 0 Å². The average molecular weight is 289 g/mol. The van der Waals surface area contributed by atoms with Crippen molar-refractivity contribution in [3.63, 3.8) is 0 Å². The Morgan fingerprint density at radius 3 is 2.30 bits per heavy atom. The number of rotatable bonds is 7. The van der Waals surface area contributed by atoms with E-state index >= 15 is 0 Å². The number of ether oxygens (including phenoxy) is 1. The zero-order valence-electron chi connectivity index (χ0n) is 11.9. The fourth-order valence-electron chi connectivity index (χ4n) is 1.89. The van der Waals surface area contributed by atoms with E-state index in [4.69, 9.17) is 10.5 Å². The van der Waals surface area contributed by atoms with Gasteiger partial charge >= 0.3 is 6.18 Å². The third-order valence-corrected chi connectivity index (χ3v) is 3.26. The summed E-state index contributed by atoms with van der Waals surface area (Å²) in [5.74, 6) is 0. The summed E-state index contributed by atoms with van der Waals surface area (Å²) in [6.45, 7) is 3.93. The number of benzene rings is 1. The van der Waals surface area contributed by atoms with Crippen LogP contribution in [-0.2, 0) is 11.2 Å². The van der Waals surface area contributed by atoms with Crippen LogP contribution in [0.1, 0.15) is 43.9 Å². The number of aryl methyl sites for hydroxylation is 1. The molecule has 1 rings (SSSR count). The van der Waals surface area contributed by atoms with E-state index in [9.17, 15) is 13.2 Å². The molecule has 0 aliphatic heterocycles. The van der Waals surface area contributed by atoms with E-state index in [0.717, 1.165) is 12.0 Å². The molecule has 0 fully saturated rings. The van der Waals surface area contributed by atoms with Crippen molar-refractivity contribution in [1.29, 1.82) is 0 Å². The van der Waals surface area contributed by atoms with Crippen molar-refractivity contribution < 1.29 is 17.9 Å². The van der Waals surface area contributed by atoms with Gasteiger partial charge in [-0.15, -0.1) is 0 Å². The molecule has 2 nitrogen and oxygen atoms in total. The Bertz CT molecular complexity index is 389. The van der Waals surface area contributed by atoms with Gasteiger partial charge in [0.2, 0.25) is 0 Å². The molecule has 2 atom stereocenters. The first-order valence-corrected chi connectivity index (χ1v) is 6.86. The first kappa shape index (κ1) is 17.0. The standard InChI is InChI=1S/C15H22F3NO/c1-3-12-5-7-13(8-6-12)14(19)11(2)20-10-4-9-15(16,17)18/h5-8,11,14H,3-4,9-10,19H2,1-2H3. The largest absolute Gasteiger partial charge is 0.389 e. The number of hydrogen-bond acceptors (Lipinski definition) is 2. The highest BCUT2D eigenvalue weighted by Crippen LogP contribution is 2.22. The zero-order chi connectivity index (χ0) is 15.2. The molecule has 0 aromatic heterocycles. The van der Waals surface area contributed by atoms with Gasteiger partial charge in [0, 0.05) is 13.0 Å². The zero-order valence-corrected chi connectivity index (χ0v) is 11.9. The maximum absolute atomic E-state index is 12.0. The van der Waals surface area contributed by atoms with Crippen molar-refractivity contribution in [2.24, 2.45) is 5.73 Å². The molecule has 2 N–H and O–H groups in total.